The molecule has 0 aliphatic carbocycles. The molecule has 0 aromatic heterocycles. The van der Waals surface area contributed by atoms with Crippen LogP contribution >= 0.6 is 7.60 Å². The maximum absolute atomic E-state index is 11.1. The lowest BCUT2D eigenvalue weighted by Gasteiger charge is -2.35. The Bertz CT molecular complexity index is 351. The van der Waals surface area contributed by atoms with E-state index >= 15 is 0 Å². The highest BCUT2D eigenvalue weighted by Gasteiger charge is 2.56. The highest BCUT2D eigenvalue weighted by atomic mass is 31.2. The molecule has 6 N–H and O–H groups in total. The Hall–Kier alpha value is -1.37. The Morgan fingerprint density at radius 3 is 2.13 bits per heavy atom. The lowest BCUT2D eigenvalue weighted by Crippen LogP contribution is -2.55. The van der Waals surface area contributed by atoms with Gasteiger partial charge in [0.15, 0.2) is 5.96 Å². The number of aliphatic carboxylic acids is 1. The molecule has 0 aliphatic heterocycles. The van der Waals surface area contributed by atoms with Crippen LogP contribution in [0.15, 0.2) is 12.7 Å². The highest BCUT2D eigenvalue weighted by Crippen LogP contribution is 2.52. The first kappa shape index (κ1) is 13.6. The summed E-state index contributed by atoms with van der Waals surface area (Å²) in [6.07, 6.45) is 0.553. The number of hydrogen-bond donors (Lipinski definition) is 5. The lowest BCUT2D eigenvalue weighted by molar-refractivity contribution is -0.142. The third kappa shape index (κ3) is 2.01. The Morgan fingerprint density at radius 2 is 2.07 bits per heavy atom. The van der Waals surface area contributed by atoms with Gasteiger partial charge >= 0.3 is 13.6 Å². The van der Waals surface area contributed by atoms with Crippen molar-refractivity contribution in [3.63, 3.8) is 0 Å². The van der Waals surface area contributed by atoms with Crippen molar-refractivity contribution in [3.8, 4) is 0 Å². The molecule has 1 atom stereocenters. The Balaban J connectivity index is 5.79. The number of likely N-dealkylation sites (N-methyl/N-ethyl adjacent to an activating group) is 1. The van der Waals surface area contributed by atoms with Crippen LogP contribution in [-0.4, -0.2) is 44.0 Å². The summed E-state index contributed by atoms with van der Waals surface area (Å²) in [4.78, 5) is 29.3. The average Bonchev–Trinajstić information content (AvgIpc) is 2.02. The summed E-state index contributed by atoms with van der Waals surface area (Å²) in [5.41, 5.74) is 4.99. The molecular weight excluding hydrogens is 225 g/mol. The molecule has 15 heavy (non-hydrogen) atoms. The average molecular weight is 237 g/mol. The van der Waals surface area contributed by atoms with Crippen molar-refractivity contribution < 1.29 is 24.3 Å². The summed E-state index contributed by atoms with van der Waals surface area (Å²) >= 11 is 0. The number of nitrogens with two attached hydrogens (primary N) is 1. The van der Waals surface area contributed by atoms with Crippen LogP contribution in [0.3, 0.4) is 0 Å². The van der Waals surface area contributed by atoms with Crippen molar-refractivity contribution in [2.45, 2.75) is 5.28 Å². The molecule has 1 unspecified atom stereocenters. The second-order valence-corrected chi connectivity index (χ2v) is 4.49. The summed E-state index contributed by atoms with van der Waals surface area (Å²) in [6, 6.07) is 0. The van der Waals surface area contributed by atoms with Gasteiger partial charge in [0.25, 0.3) is 5.28 Å². The molecule has 0 aromatic rings. The molecule has 0 spiro atoms. The van der Waals surface area contributed by atoms with Gasteiger partial charge in [-0.15, -0.1) is 0 Å². The molecule has 9 heteroatoms. The van der Waals surface area contributed by atoms with Crippen LogP contribution in [0.4, 0.5) is 0 Å². The molecule has 0 bridgehead atoms. The molecule has 0 amide bonds. The highest BCUT2D eigenvalue weighted by molar-refractivity contribution is 7.55. The van der Waals surface area contributed by atoms with Crippen LogP contribution in [0.2, 0.25) is 0 Å². The molecule has 0 fully saturated rings. The van der Waals surface area contributed by atoms with Gasteiger partial charge < -0.3 is 25.5 Å². The van der Waals surface area contributed by atoms with Crippen molar-refractivity contribution in [2.75, 3.05) is 7.05 Å². The molecule has 0 saturated heterocycles. The lowest BCUT2D eigenvalue weighted by atomic mass is 10.2. The van der Waals surface area contributed by atoms with E-state index in [-0.39, 0.29) is 0 Å². The third-order valence-corrected chi connectivity index (χ3v) is 3.48. The van der Waals surface area contributed by atoms with Gasteiger partial charge in [-0.1, -0.05) is 6.58 Å². The van der Waals surface area contributed by atoms with Gasteiger partial charge in [-0.3, -0.25) is 9.97 Å². The predicted octanol–water partition coefficient (Wildman–Crippen LogP) is -1.04. The first-order valence-electron chi connectivity index (χ1n) is 3.61. The zero-order chi connectivity index (χ0) is 12.4. The normalized spacial score (nSPS) is 15.1. The van der Waals surface area contributed by atoms with Crippen molar-refractivity contribution in [2.24, 2.45) is 5.73 Å². The number of guanidine groups is 1. The van der Waals surface area contributed by atoms with Gasteiger partial charge in [0.2, 0.25) is 0 Å². The van der Waals surface area contributed by atoms with E-state index in [4.69, 9.17) is 26.0 Å². The smallest absolute Gasteiger partial charge is 0.366 e. The third-order valence-electron chi connectivity index (χ3n) is 1.92. The largest absolute Gasteiger partial charge is 0.479 e. The van der Waals surface area contributed by atoms with E-state index in [2.05, 4.69) is 6.58 Å². The van der Waals surface area contributed by atoms with Crippen LogP contribution < -0.4 is 5.73 Å². The van der Waals surface area contributed by atoms with E-state index in [9.17, 15) is 9.36 Å². The summed E-state index contributed by atoms with van der Waals surface area (Å²) in [5, 5.41) is 13.1. The van der Waals surface area contributed by atoms with E-state index in [1.807, 2.05) is 0 Å². The van der Waals surface area contributed by atoms with Crippen LogP contribution in [0, 0.1) is 5.41 Å². The van der Waals surface area contributed by atoms with Crippen LogP contribution in [0.5, 0.6) is 0 Å². The summed E-state index contributed by atoms with van der Waals surface area (Å²) in [6.45, 7) is 3.06. The minimum Gasteiger partial charge on any atom is -0.479 e. The SMILES string of the molecule is C=CC(C(=O)O)(N(C)C(=N)N)P(=O)(O)O. The first-order chi connectivity index (χ1) is 6.61. The van der Waals surface area contributed by atoms with Gasteiger partial charge in [0, 0.05) is 7.05 Å². The van der Waals surface area contributed by atoms with Crippen molar-refractivity contribution >= 4 is 19.5 Å². The number of carboxylic acid groups (broad SMARTS) is 1. The summed E-state index contributed by atoms with van der Waals surface area (Å²) < 4.78 is 11.1. The van der Waals surface area contributed by atoms with E-state index in [1.54, 1.807) is 0 Å². The summed E-state index contributed by atoms with van der Waals surface area (Å²) in [7, 11) is -4.10. The second kappa shape index (κ2) is 4.01. The van der Waals surface area contributed by atoms with Gasteiger partial charge in [-0.2, -0.15) is 0 Å². The number of nitrogens with zero attached hydrogens (tertiary/aromatic N) is 1. The van der Waals surface area contributed by atoms with E-state index < -0.39 is 24.8 Å². The van der Waals surface area contributed by atoms with Gasteiger partial charge in [-0.05, 0) is 6.08 Å². The van der Waals surface area contributed by atoms with E-state index in [0.717, 1.165) is 7.05 Å². The van der Waals surface area contributed by atoms with Crippen LogP contribution in [0.1, 0.15) is 0 Å². The fraction of sp³-hybridized carbons (Fsp3) is 0.333. The van der Waals surface area contributed by atoms with E-state index in [1.165, 1.54) is 0 Å². The molecule has 0 saturated carbocycles. The zero-order valence-electron chi connectivity index (χ0n) is 7.91. The molecule has 8 nitrogen and oxygen atoms in total. The van der Waals surface area contributed by atoms with Crippen molar-refractivity contribution in [1.82, 2.24) is 4.90 Å². The fourth-order valence-corrected chi connectivity index (χ4v) is 1.98. The Labute approximate surface area is 85.7 Å². The number of carbonyl (C=O) groups is 1. The fourth-order valence-electron chi connectivity index (χ4n) is 0.990. The molecular formula is C6H12N3O5P. The first-order valence-corrected chi connectivity index (χ1v) is 5.23. The maximum Gasteiger partial charge on any atom is 0.366 e. The second-order valence-electron chi connectivity index (χ2n) is 2.72. The van der Waals surface area contributed by atoms with Gasteiger partial charge in [0.05, 0.1) is 0 Å². The maximum atomic E-state index is 11.1. The van der Waals surface area contributed by atoms with Crippen molar-refractivity contribution in [1.29, 1.82) is 5.41 Å². The molecule has 0 aliphatic rings. The Kier molecular flexibility index (Phi) is 3.65. The number of carboxylic acids is 1. The van der Waals surface area contributed by atoms with Gasteiger partial charge in [-0.25, -0.2) is 4.79 Å². The number of hydrogen-bond acceptors (Lipinski definition) is 3. The molecule has 0 aromatic carbocycles. The molecule has 0 heterocycles. The van der Waals surface area contributed by atoms with Crippen LogP contribution in [0.25, 0.3) is 0 Å². The minimum absolute atomic E-state index is 0.448. The van der Waals surface area contributed by atoms with E-state index in [0.29, 0.717) is 11.0 Å². The van der Waals surface area contributed by atoms with Crippen molar-refractivity contribution in [3.05, 3.63) is 12.7 Å². The number of nitrogens with one attached hydrogen (secondary N) is 1. The monoisotopic (exact) mass is 237 g/mol. The number of rotatable bonds is 4. The van der Waals surface area contributed by atoms with Crippen LogP contribution in [-0.2, 0) is 9.36 Å². The Morgan fingerprint density at radius 1 is 1.67 bits per heavy atom. The molecule has 0 rings (SSSR count). The standard InChI is InChI=1S/C6H12N3O5P/c1-3-6(4(10)11,15(12,13)14)9(2)5(7)8/h3H,1H2,2H3,(H3,7,8)(H,10,11)(H2,12,13,14). The zero-order valence-corrected chi connectivity index (χ0v) is 8.81. The quantitative estimate of drug-likeness (QED) is 0.181. The predicted molar refractivity (Wildman–Crippen MR) is 52.3 cm³/mol. The molecule has 0 radical (unpaired) electrons. The minimum atomic E-state index is -5.09. The molecule has 86 valence electrons. The van der Waals surface area contributed by atoms with Gasteiger partial charge in [0.1, 0.15) is 0 Å². The topological polar surface area (TPSA) is 148 Å². The summed E-state index contributed by atoms with van der Waals surface area (Å²) in [5.74, 6) is -2.62.